The summed E-state index contributed by atoms with van der Waals surface area (Å²) in [4.78, 5) is 4.26. The molecular weight excluding hydrogens is 256 g/mol. The van der Waals surface area contributed by atoms with Crippen LogP contribution in [-0.4, -0.2) is 9.55 Å². The fourth-order valence-corrected chi connectivity index (χ4v) is 3.62. The molecule has 0 fully saturated rings. The Morgan fingerprint density at radius 1 is 0.952 bits per heavy atom. The Kier molecular flexibility index (Phi) is 3.23. The van der Waals surface area contributed by atoms with Gasteiger partial charge in [0, 0.05) is 35.5 Å². The van der Waals surface area contributed by atoms with Crippen LogP contribution in [0.2, 0.25) is 0 Å². The van der Waals surface area contributed by atoms with Crippen LogP contribution in [0, 0.1) is 0 Å². The Morgan fingerprint density at radius 3 is 2.76 bits per heavy atom. The van der Waals surface area contributed by atoms with Gasteiger partial charge in [0.25, 0.3) is 0 Å². The van der Waals surface area contributed by atoms with Crippen LogP contribution in [0.3, 0.4) is 0 Å². The molecule has 1 aliphatic rings. The summed E-state index contributed by atoms with van der Waals surface area (Å²) in [6.45, 7) is 0.934. The average Bonchev–Trinajstić information content (AvgIpc) is 2.69. The quantitative estimate of drug-likeness (QED) is 0.636. The summed E-state index contributed by atoms with van der Waals surface area (Å²) in [5.41, 5.74) is 5.81. The zero-order valence-electron chi connectivity index (χ0n) is 12.3. The monoisotopic (exact) mass is 276 g/mol. The minimum atomic E-state index is 0.934. The number of aryl methyl sites for hydroxylation is 1. The second-order valence-corrected chi connectivity index (χ2v) is 5.95. The molecule has 0 saturated heterocycles. The van der Waals surface area contributed by atoms with Gasteiger partial charge in [-0.25, -0.2) is 0 Å². The first-order valence-electron chi connectivity index (χ1n) is 7.91. The Hall–Kier alpha value is -2.09. The van der Waals surface area contributed by atoms with Crippen molar-refractivity contribution >= 4 is 10.9 Å². The van der Waals surface area contributed by atoms with Crippen molar-refractivity contribution in [2.45, 2.75) is 38.6 Å². The van der Waals surface area contributed by atoms with E-state index in [4.69, 9.17) is 0 Å². The molecule has 0 bridgehead atoms. The van der Waals surface area contributed by atoms with E-state index in [1.54, 1.807) is 11.3 Å². The Bertz CT molecular complexity index is 756. The van der Waals surface area contributed by atoms with Gasteiger partial charge in [0.05, 0.1) is 0 Å². The van der Waals surface area contributed by atoms with E-state index in [1.807, 2.05) is 18.5 Å². The second kappa shape index (κ2) is 5.36. The van der Waals surface area contributed by atoms with Crippen molar-refractivity contribution < 1.29 is 0 Å². The van der Waals surface area contributed by atoms with Crippen molar-refractivity contribution in [3.8, 4) is 0 Å². The SMILES string of the molecule is c1cncc(Cn2c3c(c4ccccc42)CCCCC3)c1. The molecule has 21 heavy (non-hydrogen) atoms. The highest BCUT2D eigenvalue weighted by atomic mass is 15.0. The van der Waals surface area contributed by atoms with Crippen LogP contribution < -0.4 is 0 Å². The summed E-state index contributed by atoms with van der Waals surface area (Å²) in [6.07, 6.45) is 10.3. The Balaban J connectivity index is 1.88. The van der Waals surface area contributed by atoms with E-state index in [0.29, 0.717) is 0 Å². The van der Waals surface area contributed by atoms with Gasteiger partial charge in [-0.15, -0.1) is 0 Å². The highest BCUT2D eigenvalue weighted by Crippen LogP contribution is 2.31. The molecule has 2 heterocycles. The third-order valence-electron chi connectivity index (χ3n) is 4.60. The third kappa shape index (κ3) is 2.25. The highest BCUT2D eigenvalue weighted by Gasteiger charge is 2.18. The summed E-state index contributed by atoms with van der Waals surface area (Å²) < 4.78 is 2.52. The van der Waals surface area contributed by atoms with Gasteiger partial charge >= 0.3 is 0 Å². The van der Waals surface area contributed by atoms with Crippen LogP contribution in [0.4, 0.5) is 0 Å². The number of benzene rings is 1. The van der Waals surface area contributed by atoms with Crippen molar-refractivity contribution in [2.75, 3.05) is 0 Å². The number of hydrogen-bond acceptors (Lipinski definition) is 1. The van der Waals surface area contributed by atoms with Crippen molar-refractivity contribution in [3.63, 3.8) is 0 Å². The average molecular weight is 276 g/mol. The number of aromatic nitrogens is 2. The molecule has 1 aromatic carbocycles. The molecular formula is C19H20N2. The first kappa shape index (κ1) is 12.6. The summed E-state index contributed by atoms with van der Waals surface area (Å²) in [5, 5.41) is 1.46. The lowest BCUT2D eigenvalue weighted by molar-refractivity contribution is 0.687. The van der Waals surface area contributed by atoms with Crippen LogP contribution in [0.5, 0.6) is 0 Å². The fraction of sp³-hybridized carbons (Fsp3) is 0.316. The van der Waals surface area contributed by atoms with E-state index < -0.39 is 0 Å². The van der Waals surface area contributed by atoms with Gasteiger partial charge in [-0.2, -0.15) is 0 Å². The lowest BCUT2D eigenvalue weighted by Crippen LogP contribution is -2.05. The number of rotatable bonds is 2. The van der Waals surface area contributed by atoms with Crippen LogP contribution in [0.15, 0.2) is 48.8 Å². The van der Waals surface area contributed by atoms with Crippen LogP contribution in [0.1, 0.15) is 36.1 Å². The lowest BCUT2D eigenvalue weighted by Gasteiger charge is -2.11. The Labute approximate surface area is 125 Å². The van der Waals surface area contributed by atoms with Crippen LogP contribution in [-0.2, 0) is 19.4 Å². The molecule has 106 valence electrons. The molecule has 3 aromatic rings. The van der Waals surface area contributed by atoms with E-state index >= 15 is 0 Å². The van der Waals surface area contributed by atoms with Gasteiger partial charge in [-0.05, 0) is 48.9 Å². The van der Waals surface area contributed by atoms with Crippen molar-refractivity contribution in [1.29, 1.82) is 0 Å². The Morgan fingerprint density at radius 2 is 1.86 bits per heavy atom. The molecule has 0 radical (unpaired) electrons. The third-order valence-corrected chi connectivity index (χ3v) is 4.60. The fourth-order valence-electron chi connectivity index (χ4n) is 3.62. The van der Waals surface area contributed by atoms with E-state index in [2.05, 4.69) is 39.9 Å². The predicted molar refractivity (Wildman–Crippen MR) is 86.5 cm³/mol. The van der Waals surface area contributed by atoms with E-state index in [0.717, 1.165) is 6.54 Å². The van der Waals surface area contributed by atoms with Gasteiger partial charge in [0.15, 0.2) is 0 Å². The van der Waals surface area contributed by atoms with E-state index in [9.17, 15) is 0 Å². The summed E-state index contributed by atoms with van der Waals surface area (Å²) in [7, 11) is 0. The maximum Gasteiger partial charge on any atom is 0.0494 e. The highest BCUT2D eigenvalue weighted by molar-refractivity contribution is 5.85. The minimum Gasteiger partial charge on any atom is -0.340 e. The zero-order chi connectivity index (χ0) is 14.1. The van der Waals surface area contributed by atoms with Crippen molar-refractivity contribution in [2.24, 2.45) is 0 Å². The van der Waals surface area contributed by atoms with Gasteiger partial charge in [-0.1, -0.05) is 30.7 Å². The normalized spacial score (nSPS) is 14.9. The summed E-state index contributed by atoms with van der Waals surface area (Å²) in [5.74, 6) is 0. The van der Waals surface area contributed by atoms with Crippen LogP contribution in [0.25, 0.3) is 10.9 Å². The number of fused-ring (bicyclic) bond motifs is 3. The minimum absolute atomic E-state index is 0.934. The first-order valence-corrected chi connectivity index (χ1v) is 7.91. The van der Waals surface area contributed by atoms with E-state index in [-0.39, 0.29) is 0 Å². The second-order valence-electron chi connectivity index (χ2n) is 5.95. The molecule has 2 aromatic heterocycles. The first-order chi connectivity index (χ1) is 10.4. The molecule has 2 heteroatoms. The van der Waals surface area contributed by atoms with Gasteiger partial charge in [-0.3, -0.25) is 4.98 Å². The molecule has 2 nitrogen and oxygen atoms in total. The number of para-hydroxylation sites is 1. The van der Waals surface area contributed by atoms with Crippen molar-refractivity contribution in [3.05, 3.63) is 65.6 Å². The maximum atomic E-state index is 4.26. The molecule has 0 amide bonds. The molecule has 4 rings (SSSR count). The molecule has 0 atom stereocenters. The largest absolute Gasteiger partial charge is 0.340 e. The van der Waals surface area contributed by atoms with Gasteiger partial charge in [0.2, 0.25) is 0 Å². The number of nitrogens with zero attached hydrogens (tertiary/aromatic N) is 2. The molecule has 0 unspecified atom stereocenters. The molecule has 0 N–H and O–H groups in total. The smallest absolute Gasteiger partial charge is 0.0494 e. The molecule has 0 saturated carbocycles. The number of hydrogen-bond donors (Lipinski definition) is 0. The molecule has 0 spiro atoms. The molecule has 1 aliphatic carbocycles. The standard InChI is InChI=1S/C19H20N2/c1-2-8-16-17-9-4-5-11-19(17)21(18(16)10-3-1)14-15-7-6-12-20-13-15/h4-7,9,11-13H,1-3,8,10,14H2. The lowest BCUT2D eigenvalue weighted by atomic mass is 10.1. The van der Waals surface area contributed by atoms with Gasteiger partial charge < -0.3 is 4.57 Å². The number of pyridine rings is 1. The zero-order valence-corrected chi connectivity index (χ0v) is 12.3. The molecule has 0 aliphatic heterocycles. The summed E-state index contributed by atoms with van der Waals surface area (Å²) in [6, 6.07) is 13.1. The topological polar surface area (TPSA) is 17.8 Å². The maximum absolute atomic E-state index is 4.26. The van der Waals surface area contributed by atoms with E-state index in [1.165, 1.54) is 48.6 Å². The summed E-state index contributed by atoms with van der Waals surface area (Å²) >= 11 is 0. The van der Waals surface area contributed by atoms with Crippen molar-refractivity contribution in [1.82, 2.24) is 9.55 Å². The van der Waals surface area contributed by atoms with Gasteiger partial charge in [0.1, 0.15) is 0 Å². The predicted octanol–water partition coefficient (Wildman–Crippen LogP) is 4.35. The van der Waals surface area contributed by atoms with Crippen LogP contribution >= 0.6 is 0 Å².